The number of amides is 1. The Balaban J connectivity index is 1.88. The molecule has 1 amide bonds. The van der Waals surface area contributed by atoms with Gasteiger partial charge in [0, 0.05) is 28.8 Å². The summed E-state index contributed by atoms with van der Waals surface area (Å²) >= 11 is 3.34. The quantitative estimate of drug-likeness (QED) is 0.814. The molecule has 1 aliphatic heterocycles. The maximum absolute atomic E-state index is 12.8. The van der Waals surface area contributed by atoms with Crippen LogP contribution >= 0.6 is 15.9 Å². The van der Waals surface area contributed by atoms with E-state index >= 15 is 0 Å². The number of hydrogen-bond donors (Lipinski definition) is 1. The van der Waals surface area contributed by atoms with Crippen molar-refractivity contribution >= 4 is 37.5 Å². The molecule has 0 aromatic heterocycles. The monoisotopic (exact) mass is 422 g/mol. The normalized spacial score (nSPS) is 15.3. The van der Waals surface area contributed by atoms with Gasteiger partial charge in [0.15, 0.2) is 0 Å². The number of nitrogens with zero attached hydrogens (tertiary/aromatic N) is 1. The highest BCUT2D eigenvalue weighted by Crippen LogP contribution is 2.25. The molecule has 3 rings (SSSR count). The highest BCUT2D eigenvalue weighted by Gasteiger charge is 2.29. The summed E-state index contributed by atoms with van der Waals surface area (Å²) in [4.78, 5) is 12.7. The second-order valence-corrected chi connectivity index (χ2v) is 8.87. The molecule has 1 fully saturated rings. The molecular weight excluding hydrogens is 404 g/mol. The van der Waals surface area contributed by atoms with Gasteiger partial charge in [-0.1, -0.05) is 22.0 Å². The minimum Gasteiger partial charge on any atom is -0.322 e. The Labute approximate surface area is 156 Å². The van der Waals surface area contributed by atoms with Crippen LogP contribution in [0.4, 0.5) is 5.69 Å². The van der Waals surface area contributed by atoms with Crippen molar-refractivity contribution in [3.05, 3.63) is 58.1 Å². The van der Waals surface area contributed by atoms with Gasteiger partial charge in [0.05, 0.1) is 4.90 Å². The molecule has 1 saturated heterocycles. The average Bonchev–Trinajstić information content (AvgIpc) is 3.12. The number of sulfonamides is 1. The number of halogens is 1. The molecule has 132 valence electrons. The first-order valence-corrected chi connectivity index (χ1v) is 10.3. The maximum atomic E-state index is 12.8. The summed E-state index contributed by atoms with van der Waals surface area (Å²) in [5.41, 5.74) is 1.62. The van der Waals surface area contributed by atoms with Crippen molar-refractivity contribution in [1.82, 2.24) is 4.31 Å². The van der Waals surface area contributed by atoms with Crippen LogP contribution in [0.15, 0.2) is 51.8 Å². The Hall–Kier alpha value is -1.70. The third kappa shape index (κ3) is 3.94. The molecular formula is C18H19BrN2O3S. The number of hydrogen-bond acceptors (Lipinski definition) is 3. The van der Waals surface area contributed by atoms with Gasteiger partial charge in [0.2, 0.25) is 10.0 Å². The van der Waals surface area contributed by atoms with Gasteiger partial charge in [0.1, 0.15) is 0 Å². The van der Waals surface area contributed by atoms with Crippen LogP contribution < -0.4 is 5.32 Å². The largest absolute Gasteiger partial charge is 0.322 e. The Morgan fingerprint density at radius 1 is 1.08 bits per heavy atom. The fourth-order valence-corrected chi connectivity index (χ4v) is 4.86. The van der Waals surface area contributed by atoms with Crippen LogP contribution in [0.5, 0.6) is 0 Å². The maximum Gasteiger partial charge on any atom is 0.255 e. The molecule has 1 heterocycles. The van der Waals surface area contributed by atoms with Gasteiger partial charge >= 0.3 is 0 Å². The van der Waals surface area contributed by atoms with E-state index in [1.165, 1.54) is 10.4 Å². The lowest BCUT2D eigenvalue weighted by Crippen LogP contribution is -2.28. The molecule has 7 heteroatoms. The summed E-state index contributed by atoms with van der Waals surface area (Å²) in [5, 5.41) is 2.78. The molecule has 25 heavy (non-hydrogen) atoms. The SMILES string of the molecule is Cc1ccc(C(=O)Nc2ccc(Br)cc2)cc1S(=O)(=O)N1CCCC1. The number of benzene rings is 2. The van der Waals surface area contributed by atoms with Crippen molar-refractivity contribution in [2.24, 2.45) is 0 Å². The Kier molecular flexibility index (Phi) is 5.27. The Morgan fingerprint density at radius 2 is 1.72 bits per heavy atom. The summed E-state index contributed by atoms with van der Waals surface area (Å²) in [6, 6.07) is 12.0. The van der Waals surface area contributed by atoms with E-state index < -0.39 is 10.0 Å². The van der Waals surface area contributed by atoms with Crippen LogP contribution in [-0.4, -0.2) is 31.7 Å². The molecule has 5 nitrogen and oxygen atoms in total. The topological polar surface area (TPSA) is 66.5 Å². The van der Waals surface area contributed by atoms with Crippen molar-refractivity contribution in [1.29, 1.82) is 0 Å². The third-order valence-corrected chi connectivity index (χ3v) is 6.80. The first-order chi connectivity index (χ1) is 11.9. The number of carbonyl (C=O) groups excluding carboxylic acids is 1. The lowest BCUT2D eigenvalue weighted by atomic mass is 10.1. The molecule has 0 radical (unpaired) electrons. The highest BCUT2D eigenvalue weighted by molar-refractivity contribution is 9.10. The van der Waals surface area contributed by atoms with Crippen molar-refractivity contribution < 1.29 is 13.2 Å². The van der Waals surface area contributed by atoms with Crippen LogP contribution in [0, 0.1) is 6.92 Å². The van der Waals surface area contributed by atoms with Crippen molar-refractivity contribution in [2.45, 2.75) is 24.7 Å². The number of aryl methyl sites for hydroxylation is 1. The van der Waals surface area contributed by atoms with Crippen LogP contribution in [0.3, 0.4) is 0 Å². The van der Waals surface area contributed by atoms with Crippen LogP contribution in [0.25, 0.3) is 0 Å². The fraction of sp³-hybridized carbons (Fsp3) is 0.278. The standard InChI is InChI=1S/C18H19BrN2O3S/c1-13-4-5-14(18(22)20-16-8-6-15(19)7-9-16)12-17(13)25(23,24)21-10-2-3-11-21/h4-9,12H,2-3,10-11H2,1H3,(H,20,22). The van der Waals surface area contributed by atoms with Gasteiger partial charge in [-0.15, -0.1) is 0 Å². The van der Waals surface area contributed by atoms with E-state index in [0.29, 0.717) is 29.9 Å². The Bertz CT molecular complexity index is 889. The zero-order valence-corrected chi connectivity index (χ0v) is 16.2. The fourth-order valence-electron chi connectivity index (χ4n) is 2.82. The number of nitrogens with one attached hydrogen (secondary N) is 1. The Morgan fingerprint density at radius 3 is 2.36 bits per heavy atom. The van der Waals surface area contributed by atoms with Gasteiger partial charge in [-0.2, -0.15) is 4.31 Å². The lowest BCUT2D eigenvalue weighted by Gasteiger charge is -2.17. The minimum atomic E-state index is -3.56. The van der Waals surface area contributed by atoms with Crippen LogP contribution in [-0.2, 0) is 10.0 Å². The van der Waals surface area contributed by atoms with Crippen LogP contribution in [0.1, 0.15) is 28.8 Å². The minimum absolute atomic E-state index is 0.206. The molecule has 0 bridgehead atoms. The highest BCUT2D eigenvalue weighted by atomic mass is 79.9. The molecule has 0 saturated carbocycles. The molecule has 0 aliphatic carbocycles. The zero-order valence-electron chi connectivity index (χ0n) is 13.8. The van der Waals surface area contributed by atoms with E-state index in [-0.39, 0.29) is 10.8 Å². The van der Waals surface area contributed by atoms with Crippen molar-refractivity contribution in [2.75, 3.05) is 18.4 Å². The number of anilines is 1. The smallest absolute Gasteiger partial charge is 0.255 e. The van der Waals surface area contributed by atoms with Gasteiger partial charge < -0.3 is 5.32 Å². The van der Waals surface area contributed by atoms with E-state index in [1.54, 1.807) is 31.2 Å². The zero-order chi connectivity index (χ0) is 18.0. The number of carbonyl (C=O) groups is 1. The summed E-state index contributed by atoms with van der Waals surface area (Å²) in [6.07, 6.45) is 1.75. The molecule has 1 aliphatic rings. The van der Waals surface area contributed by atoms with Crippen LogP contribution in [0.2, 0.25) is 0 Å². The second-order valence-electron chi connectivity index (χ2n) is 6.05. The molecule has 2 aromatic carbocycles. The van der Waals surface area contributed by atoms with E-state index in [0.717, 1.165) is 17.3 Å². The molecule has 0 atom stereocenters. The summed E-state index contributed by atoms with van der Waals surface area (Å²) in [5.74, 6) is -0.333. The van der Waals surface area contributed by atoms with E-state index in [2.05, 4.69) is 21.2 Å². The lowest BCUT2D eigenvalue weighted by molar-refractivity contribution is 0.102. The van der Waals surface area contributed by atoms with E-state index in [4.69, 9.17) is 0 Å². The predicted octanol–water partition coefficient (Wildman–Crippen LogP) is 3.79. The molecule has 0 unspecified atom stereocenters. The van der Waals surface area contributed by atoms with Crippen molar-refractivity contribution in [3.63, 3.8) is 0 Å². The van der Waals surface area contributed by atoms with E-state index in [9.17, 15) is 13.2 Å². The summed E-state index contributed by atoms with van der Waals surface area (Å²) in [6.45, 7) is 2.83. The van der Waals surface area contributed by atoms with E-state index in [1.807, 2.05) is 12.1 Å². The predicted molar refractivity (Wildman–Crippen MR) is 101 cm³/mol. The second kappa shape index (κ2) is 7.27. The number of rotatable bonds is 4. The average molecular weight is 423 g/mol. The summed E-state index contributed by atoms with van der Waals surface area (Å²) in [7, 11) is -3.56. The van der Waals surface area contributed by atoms with Gasteiger partial charge in [0.25, 0.3) is 5.91 Å². The molecule has 1 N–H and O–H groups in total. The van der Waals surface area contributed by atoms with Gasteiger partial charge in [-0.25, -0.2) is 8.42 Å². The van der Waals surface area contributed by atoms with Gasteiger partial charge in [-0.3, -0.25) is 4.79 Å². The van der Waals surface area contributed by atoms with Gasteiger partial charge in [-0.05, 0) is 61.7 Å². The first kappa shape index (κ1) is 18.1. The molecule has 2 aromatic rings. The molecule has 0 spiro atoms. The first-order valence-electron chi connectivity index (χ1n) is 8.05. The van der Waals surface area contributed by atoms with Crippen molar-refractivity contribution in [3.8, 4) is 0 Å². The summed E-state index contributed by atoms with van der Waals surface area (Å²) < 4.78 is 28.0. The third-order valence-electron chi connectivity index (χ3n) is 4.24.